The lowest BCUT2D eigenvalue weighted by molar-refractivity contribution is -0.114. The van der Waals surface area contributed by atoms with Gasteiger partial charge >= 0.3 is 6.09 Å². The molecule has 0 bridgehead atoms. The lowest BCUT2D eigenvalue weighted by Crippen LogP contribution is -2.34. The molecular weight excluding hydrogens is 208 g/mol. The highest BCUT2D eigenvalue weighted by atomic mass is 16.6. The number of nitrogens with zero attached hydrogens (tertiary/aromatic N) is 1. The molecule has 0 aromatic rings. The van der Waals surface area contributed by atoms with Gasteiger partial charge in [0.05, 0.1) is 0 Å². The van der Waals surface area contributed by atoms with Crippen LogP contribution in [0.3, 0.4) is 0 Å². The molecule has 0 aliphatic heterocycles. The van der Waals surface area contributed by atoms with E-state index in [9.17, 15) is 9.59 Å². The van der Waals surface area contributed by atoms with Crippen LogP contribution in [0.5, 0.6) is 0 Å². The van der Waals surface area contributed by atoms with Gasteiger partial charge in [-0.1, -0.05) is 0 Å². The van der Waals surface area contributed by atoms with Gasteiger partial charge in [0.2, 0.25) is 0 Å². The van der Waals surface area contributed by atoms with Crippen LogP contribution < -0.4 is 5.32 Å². The maximum atomic E-state index is 11.4. The highest BCUT2D eigenvalue weighted by Crippen LogP contribution is 2.07. The quantitative estimate of drug-likeness (QED) is 0.744. The van der Waals surface area contributed by atoms with Crippen molar-refractivity contribution in [3.63, 3.8) is 0 Å². The van der Waals surface area contributed by atoms with E-state index in [0.29, 0.717) is 0 Å². The van der Waals surface area contributed by atoms with Crippen molar-refractivity contribution < 1.29 is 14.3 Å². The molecule has 0 spiro atoms. The maximum absolute atomic E-state index is 11.4. The third-order valence-electron chi connectivity index (χ3n) is 1.40. The van der Waals surface area contributed by atoms with Crippen molar-refractivity contribution in [2.24, 2.45) is 0 Å². The minimum atomic E-state index is -0.629. The molecule has 0 aromatic carbocycles. The summed E-state index contributed by atoms with van der Waals surface area (Å²) in [5, 5.41) is 2.41. The molecule has 1 amide bonds. The van der Waals surface area contributed by atoms with Crippen molar-refractivity contribution in [1.82, 2.24) is 10.2 Å². The van der Waals surface area contributed by atoms with Crippen LogP contribution in [-0.4, -0.2) is 36.5 Å². The zero-order chi connectivity index (χ0) is 12.9. The molecule has 0 radical (unpaired) electrons. The van der Waals surface area contributed by atoms with Crippen LogP contribution in [0.1, 0.15) is 27.7 Å². The number of ether oxygens (including phenoxy) is 1. The lowest BCUT2D eigenvalue weighted by atomic mass is 10.2. The first-order valence-electron chi connectivity index (χ1n) is 5.01. The summed E-state index contributed by atoms with van der Waals surface area (Å²) in [5.74, 6) is -0.223. The summed E-state index contributed by atoms with van der Waals surface area (Å²) in [6.07, 6.45) is 0.905. The van der Waals surface area contributed by atoms with E-state index in [1.807, 2.05) is 0 Å². The Morgan fingerprint density at radius 3 is 2.06 bits per heavy atom. The highest BCUT2D eigenvalue weighted by Gasteiger charge is 2.18. The Morgan fingerprint density at radius 2 is 1.75 bits per heavy atom. The number of amides is 1. The minimum absolute atomic E-state index is 0.208. The summed E-state index contributed by atoms with van der Waals surface area (Å²) in [6.45, 7) is 6.66. The summed E-state index contributed by atoms with van der Waals surface area (Å²) in [5.41, 5.74) is -0.372. The number of nitrogens with one attached hydrogen (secondary N) is 1. The average Bonchev–Trinajstić information content (AvgIpc) is 1.97. The second-order valence-corrected chi connectivity index (χ2v) is 4.69. The molecule has 92 valence electrons. The first-order chi connectivity index (χ1) is 7.11. The van der Waals surface area contributed by atoms with Gasteiger partial charge in [0.1, 0.15) is 11.3 Å². The number of alkyl carbamates (subject to hydrolysis) is 1. The molecule has 0 saturated heterocycles. The van der Waals surface area contributed by atoms with Crippen molar-refractivity contribution >= 4 is 11.9 Å². The van der Waals surface area contributed by atoms with Crippen molar-refractivity contribution in [2.75, 3.05) is 14.1 Å². The van der Waals surface area contributed by atoms with Gasteiger partial charge in [-0.25, -0.2) is 4.79 Å². The molecule has 0 unspecified atom stereocenters. The molecule has 0 rings (SSSR count). The van der Waals surface area contributed by atoms with E-state index in [1.54, 1.807) is 39.8 Å². The number of rotatable bonds is 3. The third-order valence-corrected chi connectivity index (χ3v) is 1.40. The number of hydrogen-bond acceptors (Lipinski definition) is 4. The SMILES string of the molecule is CC(=O)C(=CN(C)C)NC(=O)OC(C)(C)C. The van der Waals surface area contributed by atoms with Gasteiger partial charge in [-0.2, -0.15) is 0 Å². The van der Waals surface area contributed by atoms with Gasteiger partial charge in [-0.3, -0.25) is 10.1 Å². The number of hydrogen-bond donors (Lipinski definition) is 1. The van der Waals surface area contributed by atoms with Crippen molar-refractivity contribution in [3.05, 3.63) is 11.9 Å². The van der Waals surface area contributed by atoms with Crippen molar-refractivity contribution in [3.8, 4) is 0 Å². The van der Waals surface area contributed by atoms with Crippen molar-refractivity contribution in [1.29, 1.82) is 0 Å². The Hall–Kier alpha value is -1.52. The molecule has 0 aliphatic carbocycles. The van der Waals surface area contributed by atoms with E-state index in [-0.39, 0.29) is 11.5 Å². The fourth-order valence-electron chi connectivity index (χ4n) is 0.883. The third kappa shape index (κ3) is 6.86. The van der Waals surface area contributed by atoms with E-state index < -0.39 is 11.7 Å². The Bertz CT molecular complexity index is 301. The summed E-state index contributed by atoms with van der Waals surface area (Å²) in [7, 11) is 3.53. The van der Waals surface area contributed by atoms with Crippen LogP contribution >= 0.6 is 0 Å². The summed E-state index contributed by atoms with van der Waals surface area (Å²) >= 11 is 0. The van der Waals surface area contributed by atoms with Gasteiger partial charge < -0.3 is 9.64 Å². The number of ketones is 1. The number of carbonyl (C=O) groups is 2. The molecule has 5 heteroatoms. The van der Waals surface area contributed by atoms with E-state index >= 15 is 0 Å². The smallest absolute Gasteiger partial charge is 0.412 e. The zero-order valence-corrected chi connectivity index (χ0v) is 10.7. The second-order valence-electron chi connectivity index (χ2n) is 4.69. The minimum Gasteiger partial charge on any atom is -0.444 e. The van der Waals surface area contributed by atoms with E-state index in [1.165, 1.54) is 13.1 Å². The molecule has 16 heavy (non-hydrogen) atoms. The molecule has 1 N–H and O–H groups in total. The number of carbonyl (C=O) groups excluding carboxylic acids is 2. The Labute approximate surface area is 96.4 Å². The normalized spacial score (nSPS) is 12.0. The number of Topliss-reactive ketones (excluding diaryl/α,β-unsaturated/α-hetero) is 1. The van der Waals surface area contributed by atoms with Crippen molar-refractivity contribution in [2.45, 2.75) is 33.3 Å². The lowest BCUT2D eigenvalue weighted by Gasteiger charge is -2.20. The van der Waals surface area contributed by atoms with Gasteiger partial charge in [0.15, 0.2) is 5.78 Å². The first-order valence-corrected chi connectivity index (χ1v) is 5.01. The molecule has 0 saturated carbocycles. The predicted molar refractivity (Wildman–Crippen MR) is 61.8 cm³/mol. The largest absolute Gasteiger partial charge is 0.444 e. The first kappa shape index (κ1) is 14.5. The van der Waals surface area contributed by atoms with Crippen LogP contribution in [0.2, 0.25) is 0 Å². The monoisotopic (exact) mass is 228 g/mol. The van der Waals surface area contributed by atoms with E-state index in [4.69, 9.17) is 4.74 Å². The topological polar surface area (TPSA) is 58.6 Å². The second kappa shape index (κ2) is 5.53. The van der Waals surface area contributed by atoms with Crippen LogP contribution in [0.25, 0.3) is 0 Å². The Kier molecular flexibility index (Phi) is 5.01. The summed E-state index contributed by atoms with van der Waals surface area (Å²) in [6, 6.07) is 0. The molecular formula is C11H20N2O3. The standard InChI is InChI=1S/C11H20N2O3/c1-8(14)9(7-13(5)6)12-10(15)16-11(2,3)4/h7H,1-6H3,(H,12,15). The molecule has 0 aromatic heterocycles. The molecule has 0 heterocycles. The number of allylic oxidation sites excluding steroid dienone is 1. The van der Waals surface area contributed by atoms with Gasteiger partial charge in [0, 0.05) is 27.2 Å². The van der Waals surface area contributed by atoms with E-state index in [2.05, 4.69) is 5.32 Å². The van der Waals surface area contributed by atoms with Crippen LogP contribution in [0, 0.1) is 0 Å². The Balaban J connectivity index is 4.55. The van der Waals surface area contributed by atoms with Crippen LogP contribution in [0.15, 0.2) is 11.9 Å². The van der Waals surface area contributed by atoms with E-state index in [0.717, 1.165) is 0 Å². The molecule has 5 nitrogen and oxygen atoms in total. The predicted octanol–water partition coefficient (Wildman–Crippen LogP) is 1.50. The Morgan fingerprint density at radius 1 is 1.25 bits per heavy atom. The summed E-state index contributed by atoms with van der Waals surface area (Å²) < 4.78 is 5.04. The fraction of sp³-hybridized carbons (Fsp3) is 0.636. The average molecular weight is 228 g/mol. The molecule has 0 atom stereocenters. The van der Waals surface area contributed by atoms with Crippen LogP contribution in [-0.2, 0) is 9.53 Å². The zero-order valence-electron chi connectivity index (χ0n) is 10.7. The van der Waals surface area contributed by atoms with Gasteiger partial charge in [0.25, 0.3) is 0 Å². The molecule has 0 aliphatic rings. The highest BCUT2D eigenvalue weighted by molar-refractivity contribution is 5.96. The molecule has 0 fully saturated rings. The van der Waals surface area contributed by atoms with Crippen LogP contribution in [0.4, 0.5) is 4.79 Å². The van der Waals surface area contributed by atoms with Gasteiger partial charge in [-0.05, 0) is 20.8 Å². The maximum Gasteiger partial charge on any atom is 0.412 e. The summed E-state index contributed by atoms with van der Waals surface area (Å²) in [4.78, 5) is 24.3. The van der Waals surface area contributed by atoms with Gasteiger partial charge in [-0.15, -0.1) is 0 Å². The fourth-order valence-corrected chi connectivity index (χ4v) is 0.883.